The SMILES string of the molecule is O=C(O)CCCC(=O)O.O=C(O)CCCC(=O)O.O=C([O-])CCCC(=O)[O-].[Na+].[Na+]. The van der Waals surface area contributed by atoms with Gasteiger partial charge in [-0.05, 0) is 32.1 Å². The Morgan fingerprint density at radius 2 is 0.621 bits per heavy atom. The minimum atomic E-state index is -1.23. The van der Waals surface area contributed by atoms with E-state index < -0.39 is 35.8 Å². The molecule has 0 fully saturated rings. The average molecular weight is 440 g/mol. The molecule has 0 aliphatic rings. The fourth-order valence-corrected chi connectivity index (χ4v) is 1.16. The molecule has 0 bridgehead atoms. The predicted molar refractivity (Wildman–Crippen MR) is 82.1 cm³/mol. The quantitative estimate of drug-likeness (QED) is 0.207. The summed E-state index contributed by atoms with van der Waals surface area (Å²) in [6.45, 7) is 0. The van der Waals surface area contributed by atoms with Crippen LogP contribution in [0.25, 0.3) is 0 Å². The van der Waals surface area contributed by atoms with Gasteiger partial charge in [0, 0.05) is 37.6 Å². The summed E-state index contributed by atoms with van der Waals surface area (Å²) >= 11 is 0. The van der Waals surface area contributed by atoms with E-state index in [1.165, 1.54) is 0 Å². The van der Waals surface area contributed by atoms with Crippen molar-refractivity contribution in [2.75, 3.05) is 0 Å². The fraction of sp³-hybridized carbons (Fsp3) is 0.600. The van der Waals surface area contributed by atoms with Crippen molar-refractivity contribution < 1.29 is 119 Å². The number of carboxylic acid groups (broad SMARTS) is 6. The van der Waals surface area contributed by atoms with Crippen molar-refractivity contribution in [3.05, 3.63) is 0 Å². The van der Waals surface area contributed by atoms with Gasteiger partial charge in [0.05, 0.1) is 0 Å². The number of carboxylic acids is 6. The molecular weight excluding hydrogens is 418 g/mol. The summed E-state index contributed by atoms with van der Waals surface area (Å²) in [4.78, 5) is 58.5. The van der Waals surface area contributed by atoms with Crippen molar-refractivity contribution in [2.24, 2.45) is 0 Å². The first-order valence-electron chi connectivity index (χ1n) is 7.65. The van der Waals surface area contributed by atoms with Crippen LogP contribution >= 0.6 is 0 Å². The van der Waals surface area contributed by atoms with E-state index in [-0.39, 0.29) is 117 Å². The van der Waals surface area contributed by atoms with Crippen molar-refractivity contribution in [3.8, 4) is 0 Å². The van der Waals surface area contributed by atoms with Gasteiger partial charge < -0.3 is 40.2 Å². The largest absolute Gasteiger partial charge is 1.00 e. The van der Waals surface area contributed by atoms with Gasteiger partial charge in [0.1, 0.15) is 0 Å². The zero-order valence-corrected chi connectivity index (χ0v) is 20.4. The molecule has 0 aromatic carbocycles. The van der Waals surface area contributed by atoms with Gasteiger partial charge in [0.15, 0.2) is 0 Å². The van der Waals surface area contributed by atoms with Crippen molar-refractivity contribution in [1.82, 2.24) is 0 Å². The molecule has 156 valence electrons. The van der Waals surface area contributed by atoms with Crippen LogP contribution in [0.1, 0.15) is 57.8 Å². The number of carbonyl (C=O) groups excluding carboxylic acids is 2. The van der Waals surface area contributed by atoms with Gasteiger partial charge in [0.25, 0.3) is 0 Å². The standard InChI is InChI=1S/3C5H8O4.2Na/c3*6-4(7)2-1-3-5(8)9;;/h3*1-3H2,(H,6,7)(H,8,9);;/q;;;2*+1/p-2. The van der Waals surface area contributed by atoms with E-state index in [1.807, 2.05) is 0 Å². The van der Waals surface area contributed by atoms with Crippen molar-refractivity contribution in [3.63, 3.8) is 0 Å². The minimum absolute atomic E-state index is 0. The van der Waals surface area contributed by atoms with Crippen LogP contribution in [0.15, 0.2) is 0 Å². The van der Waals surface area contributed by atoms with E-state index in [0.717, 1.165) is 0 Å². The number of rotatable bonds is 12. The molecule has 0 heterocycles. The fourth-order valence-electron chi connectivity index (χ4n) is 1.16. The Bertz CT molecular complexity index is 394. The Morgan fingerprint density at radius 3 is 0.759 bits per heavy atom. The summed E-state index contributed by atoms with van der Waals surface area (Å²) in [5.41, 5.74) is 0. The van der Waals surface area contributed by atoms with Gasteiger partial charge in [-0.2, -0.15) is 0 Å². The molecule has 0 saturated heterocycles. The molecule has 0 saturated carbocycles. The Balaban J connectivity index is -0.0000000960. The van der Waals surface area contributed by atoms with Crippen LogP contribution in [-0.2, 0) is 28.8 Å². The molecule has 0 aromatic rings. The average Bonchev–Trinajstić information content (AvgIpc) is 2.46. The third-order valence-corrected chi connectivity index (χ3v) is 2.32. The Labute approximate surface area is 210 Å². The summed E-state index contributed by atoms with van der Waals surface area (Å²) in [7, 11) is 0. The first kappa shape index (κ1) is 38.4. The molecule has 12 nitrogen and oxygen atoms in total. The molecule has 0 rings (SSSR count). The molecule has 0 amide bonds. The van der Waals surface area contributed by atoms with E-state index in [1.54, 1.807) is 0 Å². The topological polar surface area (TPSA) is 229 Å². The second kappa shape index (κ2) is 26.8. The molecule has 0 radical (unpaired) electrons. The van der Waals surface area contributed by atoms with Crippen LogP contribution in [-0.4, -0.2) is 56.2 Å². The Kier molecular flexibility index (Phi) is 35.5. The Hall–Kier alpha value is -1.18. The zero-order valence-electron chi connectivity index (χ0n) is 16.4. The molecule has 0 atom stereocenters. The zero-order chi connectivity index (χ0) is 21.8. The van der Waals surface area contributed by atoms with Gasteiger partial charge in [-0.15, -0.1) is 0 Å². The second-order valence-corrected chi connectivity index (χ2v) is 4.88. The Morgan fingerprint density at radius 1 is 0.448 bits per heavy atom. The van der Waals surface area contributed by atoms with Crippen LogP contribution in [0, 0.1) is 0 Å². The van der Waals surface area contributed by atoms with Crippen LogP contribution < -0.4 is 69.3 Å². The molecule has 0 aromatic heterocycles. The summed E-state index contributed by atoms with van der Waals surface area (Å²) in [6, 6.07) is 0. The number of carbonyl (C=O) groups is 6. The maximum absolute atomic E-state index is 9.79. The molecule has 0 spiro atoms. The van der Waals surface area contributed by atoms with Gasteiger partial charge in [-0.1, -0.05) is 0 Å². The van der Waals surface area contributed by atoms with Crippen LogP contribution in [0.3, 0.4) is 0 Å². The molecule has 14 heteroatoms. The molecular formula is C15H22Na2O12. The second-order valence-electron chi connectivity index (χ2n) is 4.88. The monoisotopic (exact) mass is 440 g/mol. The number of hydrogen-bond acceptors (Lipinski definition) is 8. The summed E-state index contributed by atoms with van der Waals surface area (Å²) in [5.74, 6) is -6.24. The van der Waals surface area contributed by atoms with E-state index in [4.69, 9.17) is 20.4 Å². The summed E-state index contributed by atoms with van der Waals surface area (Å²) in [5, 5.41) is 51.4. The molecule has 29 heavy (non-hydrogen) atoms. The van der Waals surface area contributed by atoms with Gasteiger partial charge in [-0.25, -0.2) is 0 Å². The molecule has 4 N–H and O–H groups in total. The first-order chi connectivity index (χ1) is 12.4. The molecule has 0 aliphatic carbocycles. The van der Waals surface area contributed by atoms with Gasteiger partial charge >= 0.3 is 83.0 Å². The van der Waals surface area contributed by atoms with Crippen LogP contribution in [0.5, 0.6) is 0 Å². The van der Waals surface area contributed by atoms with Gasteiger partial charge in [-0.3, -0.25) is 19.2 Å². The van der Waals surface area contributed by atoms with Gasteiger partial charge in [0.2, 0.25) is 0 Å². The normalized spacial score (nSPS) is 8.28. The van der Waals surface area contributed by atoms with Crippen molar-refractivity contribution >= 4 is 35.8 Å². The maximum Gasteiger partial charge on any atom is 1.00 e. The summed E-state index contributed by atoms with van der Waals surface area (Å²) < 4.78 is 0. The van der Waals surface area contributed by atoms with E-state index in [0.29, 0.717) is 0 Å². The van der Waals surface area contributed by atoms with Crippen molar-refractivity contribution in [2.45, 2.75) is 57.8 Å². The molecule has 0 unspecified atom stereocenters. The van der Waals surface area contributed by atoms with Crippen LogP contribution in [0.2, 0.25) is 0 Å². The predicted octanol–water partition coefficient (Wildman–Crippen LogP) is -7.68. The van der Waals surface area contributed by atoms with E-state index >= 15 is 0 Å². The van der Waals surface area contributed by atoms with E-state index in [2.05, 4.69) is 0 Å². The first-order valence-corrected chi connectivity index (χ1v) is 7.65. The minimum Gasteiger partial charge on any atom is -0.550 e. The molecule has 0 aliphatic heterocycles. The number of hydrogen-bond donors (Lipinski definition) is 4. The third kappa shape index (κ3) is 58.4. The number of aliphatic carboxylic acids is 6. The maximum atomic E-state index is 9.79. The third-order valence-electron chi connectivity index (χ3n) is 2.32. The van der Waals surface area contributed by atoms with Crippen molar-refractivity contribution in [1.29, 1.82) is 0 Å². The smallest absolute Gasteiger partial charge is 0.550 e. The summed E-state index contributed by atoms with van der Waals surface area (Å²) in [6.07, 6.45) is -0.168. The van der Waals surface area contributed by atoms with E-state index in [9.17, 15) is 39.0 Å². The van der Waals surface area contributed by atoms with Crippen LogP contribution in [0.4, 0.5) is 0 Å².